The highest BCUT2D eigenvalue weighted by Gasteiger charge is 2.33. The summed E-state index contributed by atoms with van der Waals surface area (Å²) in [6.45, 7) is 6.20. The van der Waals surface area contributed by atoms with E-state index in [1.807, 2.05) is 12.4 Å². The Morgan fingerprint density at radius 2 is 1.92 bits per heavy atom. The van der Waals surface area contributed by atoms with Gasteiger partial charge in [0.2, 0.25) is 0 Å². The molecule has 1 N–H and O–H groups in total. The van der Waals surface area contributed by atoms with E-state index in [1.54, 1.807) is 0 Å². The van der Waals surface area contributed by atoms with Crippen molar-refractivity contribution in [3.8, 4) is 0 Å². The largest absolute Gasteiger partial charge is 0.373 e. The van der Waals surface area contributed by atoms with E-state index < -0.39 is 0 Å². The van der Waals surface area contributed by atoms with Gasteiger partial charge in [0.25, 0.3) is 0 Å². The number of aromatic nitrogens is 1. The van der Waals surface area contributed by atoms with Crippen LogP contribution in [0.25, 0.3) is 0 Å². The van der Waals surface area contributed by atoms with Crippen LogP contribution in [0.4, 0.5) is 5.69 Å². The first-order chi connectivity index (χ1) is 11.8. The lowest BCUT2D eigenvalue weighted by Gasteiger charge is -2.41. The molecule has 0 aliphatic carbocycles. The van der Waals surface area contributed by atoms with Gasteiger partial charge in [-0.25, -0.2) is 0 Å². The van der Waals surface area contributed by atoms with Crippen molar-refractivity contribution in [2.24, 2.45) is 5.92 Å². The Labute approximate surface area is 168 Å². The summed E-state index contributed by atoms with van der Waals surface area (Å²) in [5.41, 5.74) is 4.08. The number of hydrogen-bond donors (Lipinski definition) is 1. The lowest BCUT2D eigenvalue weighted by atomic mass is 9.85. The Morgan fingerprint density at radius 3 is 2.73 bits per heavy atom. The number of rotatable bonds is 3. The summed E-state index contributed by atoms with van der Waals surface area (Å²) in [5.74, 6) is 0.427. The van der Waals surface area contributed by atoms with Crippen LogP contribution >= 0.6 is 24.8 Å². The first-order valence-corrected chi connectivity index (χ1v) is 8.90. The van der Waals surface area contributed by atoms with Crippen molar-refractivity contribution < 1.29 is 4.74 Å². The molecule has 4 rings (SSSR count). The van der Waals surface area contributed by atoms with Crippen molar-refractivity contribution in [1.82, 2.24) is 10.3 Å². The Morgan fingerprint density at radius 1 is 1.15 bits per heavy atom. The molecule has 26 heavy (non-hydrogen) atoms. The first-order valence-electron chi connectivity index (χ1n) is 8.90. The van der Waals surface area contributed by atoms with E-state index in [1.165, 1.54) is 16.8 Å². The van der Waals surface area contributed by atoms with E-state index in [2.05, 4.69) is 58.5 Å². The van der Waals surface area contributed by atoms with Crippen molar-refractivity contribution in [1.29, 1.82) is 0 Å². The molecule has 4 nitrogen and oxygen atoms in total. The average Bonchev–Trinajstić information content (AvgIpc) is 2.68. The van der Waals surface area contributed by atoms with Gasteiger partial charge in [0.15, 0.2) is 0 Å². The molecule has 1 fully saturated rings. The Kier molecular flexibility index (Phi) is 7.71. The predicted octanol–water partition coefficient (Wildman–Crippen LogP) is 3.65. The summed E-state index contributed by atoms with van der Waals surface area (Å²) in [6.07, 6.45) is 4.96. The second kappa shape index (κ2) is 9.56. The molecule has 6 heteroatoms. The molecular weight excluding hydrogens is 369 g/mol. The minimum absolute atomic E-state index is 0. The number of nitrogens with one attached hydrogen (secondary N) is 1. The van der Waals surface area contributed by atoms with Crippen LogP contribution in [-0.2, 0) is 11.2 Å². The third kappa shape index (κ3) is 4.32. The van der Waals surface area contributed by atoms with Crippen LogP contribution in [-0.4, -0.2) is 37.3 Å². The molecule has 0 radical (unpaired) electrons. The molecule has 3 atom stereocenters. The van der Waals surface area contributed by atoms with Crippen LogP contribution in [0.3, 0.4) is 0 Å². The van der Waals surface area contributed by atoms with Crippen LogP contribution in [0.2, 0.25) is 0 Å². The highest BCUT2D eigenvalue weighted by atomic mass is 35.5. The van der Waals surface area contributed by atoms with E-state index in [0.29, 0.717) is 12.0 Å². The Bertz CT molecular complexity index is 686. The monoisotopic (exact) mass is 395 g/mol. The average molecular weight is 396 g/mol. The van der Waals surface area contributed by atoms with Gasteiger partial charge in [-0.3, -0.25) is 4.98 Å². The predicted molar refractivity (Wildman–Crippen MR) is 111 cm³/mol. The van der Waals surface area contributed by atoms with Crippen LogP contribution in [0.15, 0.2) is 48.8 Å². The first kappa shape index (κ1) is 21.0. The maximum atomic E-state index is 6.19. The fourth-order valence-corrected chi connectivity index (χ4v) is 3.99. The lowest BCUT2D eigenvalue weighted by Crippen LogP contribution is -2.54. The van der Waals surface area contributed by atoms with E-state index in [9.17, 15) is 0 Å². The zero-order valence-corrected chi connectivity index (χ0v) is 16.6. The number of pyridine rings is 1. The summed E-state index contributed by atoms with van der Waals surface area (Å²) in [5, 5.41) is 3.71. The maximum Gasteiger partial charge on any atom is 0.0868 e. The van der Waals surface area contributed by atoms with E-state index in [0.717, 1.165) is 32.7 Å². The lowest BCUT2D eigenvalue weighted by molar-refractivity contribution is -0.00538. The quantitative estimate of drug-likeness (QED) is 0.860. The van der Waals surface area contributed by atoms with E-state index in [-0.39, 0.29) is 30.9 Å². The SMILES string of the molecule is CC(C1CN(c2ccncc2)CCN1)C1OCCc2ccccc21.Cl.Cl. The number of nitrogens with zero attached hydrogens (tertiary/aromatic N) is 2. The fraction of sp³-hybridized carbons (Fsp3) is 0.450. The molecule has 0 amide bonds. The van der Waals surface area contributed by atoms with Crippen LogP contribution in [0.1, 0.15) is 24.2 Å². The van der Waals surface area contributed by atoms with Crippen molar-refractivity contribution >= 4 is 30.5 Å². The summed E-state index contributed by atoms with van der Waals surface area (Å²) in [4.78, 5) is 6.58. The highest BCUT2D eigenvalue weighted by Crippen LogP contribution is 2.35. The maximum absolute atomic E-state index is 6.19. The van der Waals surface area contributed by atoms with Gasteiger partial charge in [-0.1, -0.05) is 31.2 Å². The van der Waals surface area contributed by atoms with Gasteiger partial charge in [-0.05, 0) is 29.7 Å². The van der Waals surface area contributed by atoms with Crippen molar-refractivity contribution in [3.05, 3.63) is 59.9 Å². The van der Waals surface area contributed by atoms with Crippen LogP contribution in [0.5, 0.6) is 0 Å². The second-order valence-electron chi connectivity index (χ2n) is 6.81. The number of halogens is 2. The van der Waals surface area contributed by atoms with E-state index >= 15 is 0 Å². The normalized spacial score (nSPS) is 23.2. The molecule has 1 aromatic heterocycles. The third-order valence-electron chi connectivity index (χ3n) is 5.38. The van der Waals surface area contributed by atoms with Gasteiger partial charge >= 0.3 is 0 Å². The number of anilines is 1. The topological polar surface area (TPSA) is 37.4 Å². The van der Waals surface area contributed by atoms with Crippen molar-refractivity contribution in [2.45, 2.75) is 25.5 Å². The number of fused-ring (bicyclic) bond motifs is 1. The van der Waals surface area contributed by atoms with Crippen molar-refractivity contribution in [3.63, 3.8) is 0 Å². The smallest absolute Gasteiger partial charge is 0.0868 e. The molecule has 1 aromatic carbocycles. The summed E-state index contributed by atoms with van der Waals surface area (Å²) < 4.78 is 6.19. The van der Waals surface area contributed by atoms with Gasteiger partial charge < -0.3 is 15.0 Å². The van der Waals surface area contributed by atoms with Gasteiger partial charge in [-0.2, -0.15) is 0 Å². The molecule has 0 saturated carbocycles. The molecule has 2 aromatic rings. The standard InChI is InChI=1S/C20H25N3O.2ClH/c1-15(20-18-5-3-2-4-16(18)8-13-24-20)19-14-23(12-11-22-19)17-6-9-21-10-7-17;;/h2-7,9-10,15,19-20,22H,8,11-14H2,1H3;2*1H. The van der Waals surface area contributed by atoms with Crippen LogP contribution < -0.4 is 10.2 Å². The molecule has 2 aliphatic heterocycles. The molecule has 0 bridgehead atoms. The minimum atomic E-state index is 0. The molecular formula is C20H27Cl2N3O. The highest BCUT2D eigenvalue weighted by molar-refractivity contribution is 5.85. The number of hydrogen-bond acceptors (Lipinski definition) is 4. The van der Waals surface area contributed by atoms with E-state index in [4.69, 9.17) is 4.74 Å². The number of benzene rings is 1. The molecule has 1 saturated heterocycles. The molecule has 3 heterocycles. The third-order valence-corrected chi connectivity index (χ3v) is 5.38. The summed E-state index contributed by atoms with van der Waals surface area (Å²) >= 11 is 0. The zero-order valence-electron chi connectivity index (χ0n) is 15.0. The minimum Gasteiger partial charge on any atom is -0.373 e. The molecule has 3 unspecified atom stereocenters. The molecule has 142 valence electrons. The fourth-order valence-electron chi connectivity index (χ4n) is 3.99. The van der Waals surface area contributed by atoms with Gasteiger partial charge in [0, 0.05) is 49.7 Å². The second-order valence-corrected chi connectivity index (χ2v) is 6.81. The molecule has 2 aliphatic rings. The Balaban J connectivity index is 0.00000121. The van der Waals surface area contributed by atoms with Gasteiger partial charge in [-0.15, -0.1) is 24.8 Å². The zero-order chi connectivity index (χ0) is 16.4. The van der Waals surface area contributed by atoms with Gasteiger partial charge in [0.1, 0.15) is 0 Å². The Hall–Kier alpha value is -1.33. The molecule has 0 spiro atoms. The summed E-state index contributed by atoms with van der Waals surface area (Å²) in [7, 11) is 0. The van der Waals surface area contributed by atoms with Crippen LogP contribution in [0, 0.1) is 5.92 Å². The van der Waals surface area contributed by atoms with Gasteiger partial charge in [0.05, 0.1) is 12.7 Å². The number of piperazine rings is 1. The van der Waals surface area contributed by atoms with Crippen molar-refractivity contribution in [2.75, 3.05) is 31.1 Å². The number of ether oxygens (including phenoxy) is 1. The summed E-state index contributed by atoms with van der Waals surface area (Å²) in [6, 6.07) is 13.4.